The van der Waals surface area contributed by atoms with Gasteiger partial charge in [0.25, 0.3) is 0 Å². The third-order valence-electron chi connectivity index (χ3n) is 17.2. The second kappa shape index (κ2) is 37.6. The molecule has 43 nitrogen and oxygen atoms in total. The molecule has 43 heteroatoms. The monoisotopic (exact) mass is 1420 g/mol. The molecule has 0 radical (unpaired) electrons. The SMILES string of the molecule is CC1OC(CO)C(O)C(OC2OC(CO)C(O)C(OC3OC(CO)C(O)C(OC4OC(COC5OC(CO)C(O)C(OC6OC(CO)C(O)C(OC(CO)OC(CO)CO)C6O)C5O)C(O)C(OC5OC(CO)C(O)C(OC(CO)OC(CO)CO)C5O)C4O)C3O)C2O)C1O. The molecular formula is C53H94O43. The first-order valence-corrected chi connectivity index (χ1v) is 30.7. The van der Waals surface area contributed by atoms with Crippen LogP contribution in [0.1, 0.15) is 6.92 Å². The van der Waals surface area contributed by atoms with Crippen LogP contribution in [0.5, 0.6) is 0 Å². The van der Waals surface area contributed by atoms with Gasteiger partial charge in [-0.25, -0.2) is 0 Å². The Kier molecular flexibility index (Phi) is 32.0. The molecule has 564 valence electrons. The van der Waals surface area contributed by atoms with Crippen molar-refractivity contribution in [1.82, 2.24) is 0 Å². The lowest BCUT2D eigenvalue weighted by Crippen LogP contribution is -2.68. The maximum atomic E-state index is 12.2. The summed E-state index contributed by atoms with van der Waals surface area (Å²) in [6.45, 7) is -11.1. The Hall–Kier alpha value is -1.72. The van der Waals surface area contributed by atoms with Crippen LogP contribution in [0.3, 0.4) is 0 Å². The summed E-state index contributed by atoms with van der Waals surface area (Å²) in [6.07, 6.45) is -77.0. The highest BCUT2D eigenvalue weighted by Crippen LogP contribution is 2.38. The molecular weight excluding hydrogens is 1320 g/mol. The predicted octanol–water partition coefficient (Wildman–Crippen LogP) is -17.8. The summed E-state index contributed by atoms with van der Waals surface area (Å²) in [7, 11) is 0. The number of aliphatic hydroxyl groups is 26. The molecule has 26 N–H and O–H groups in total. The van der Waals surface area contributed by atoms with Crippen LogP contribution in [0.4, 0.5) is 0 Å². The molecule has 0 aromatic heterocycles. The minimum absolute atomic E-state index is 0.763. The Labute approximate surface area is 544 Å². The van der Waals surface area contributed by atoms with E-state index in [1.54, 1.807) is 0 Å². The van der Waals surface area contributed by atoms with Crippen molar-refractivity contribution in [1.29, 1.82) is 0 Å². The quantitative estimate of drug-likeness (QED) is 0.0271. The Morgan fingerprint density at radius 2 is 0.490 bits per heavy atom. The molecule has 37 unspecified atom stereocenters. The molecule has 0 bridgehead atoms. The van der Waals surface area contributed by atoms with Gasteiger partial charge in [0.05, 0.1) is 92.0 Å². The van der Waals surface area contributed by atoms with E-state index >= 15 is 0 Å². The van der Waals surface area contributed by atoms with Crippen molar-refractivity contribution >= 4 is 0 Å². The van der Waals surface area contributed by atoms with Crippen molar-refractivity contribution in [3.63, 3.8) is 0 Å². The van der Waals surface area contributed by atoms with Crippen molar-refractivity contribution in [3.05, 3.63) is 0 Å². The third-order valence-corrected chi connectivity index (χ3v) is 17.2. The molecule has 7 heterocycles. The van der Waals surface area contributed by atoms with Gasteiger partial charge in [-0.3, -0.25) is 0 Å². The molecule has 37 atom stereocenters. The van der Waals surface area contributed by atoms with Gasteiger partial charge in [-0.2, -0.15) is 0 Å². The van der Waals surface area contributed by atoms with Gasteiger partial charge >= 0.3 is 0 Å². The first-order chi connectivity index (χ1) is 45.8. The number of rotatable bonds is 33. The normalized spacial score (nSPS) is 46.5. The van der Waals surface area contributed by atoms with Crippen LogP contribution in [0.15, 0.2) is 0 Å². The molecule has 96 heavy (non-hydrogen) atoms. The van der Waals surface area contributed by atoms with Crippen LogP contribution in [-0.2, 0) is 80.5 Å². The highest BCUT2D eigenvalue weighted by atomic mass is 16.8. The minimum atomic E-state index is -2.47. The highest BCUT2D eigenvalue weighted by Gasteiger charge is 2.59. The number of aliphatic hydroxyl groups excluding tert-OH is 26. The number of ether oxygens (including phenoxy) is 17. The van der Waals surface area contributed by atoms with Crippen LogP contribution in [0, 0.1) is 0 Å². The lowest BCUT2D eigenvalue weighted by atomic mass is 9.94. The van der Waals surface area contributed by atoms with Crippen molar-refractivity contribution < 1.29 is 213 Å². The van der Waals surface area contributed by atoms with Gasteiger partial charge < -0.3 is 213 Å². The van der Waals surface area contributed by atoms with E-state index in [0.29, 0.717) is 0 Å². The average Bonchev–Trinajstić information content (AvgIpc) is 0.809. The molecule has 0 aromatic rings. The Balaban J connectivity index is 1.17. The van der Waals surface area contributed by atoms with E-state index in [2.05, 4.69) is 0 Å². The van der Waals surface area contributed by atoms with Crippen LogP contribution >= 0.6 is 0 Å². The van der Waals surface area contributed by atoms with Gasteiger partial charge in [0.2, 0.25) is 0 Å². The fourth-order valence-electron chi connectivity index (χ4n) is 11.7. The highest BCUT2D eigenvalue weighted by molar-refractivity contribution is 5.01. The van der Waals surface area contributed by atoms with Gasteiger partial charge in [-0.05, 0) is 6.92 Å². The lowest BCUT2D eigenvalue weighted by molar-refractivity contribution is -0.398. The molecule has 7 fully saturated rings. The Bertz CT molecular complexity index is 2200. The summed E-state index contributed by atoms with van der Waals surface area (Å²) < 4.78 is 96.3. The zero-order valence-electron chi connectivity index (χ0n) is 51.3. The lowest BCUT2D eigenvalue weighted by Gasteiger charge is -2.50. The van der Waals surface area contributed by atoms with Gasteiger partial charge in [0.1, 0.15) is 183 Å². The second-order valence-electron chi connectivity index (χ2n) is 23.6. The molecule has 0 amide bonds. The summed E-state index contributed by atoms with van der Waals surface area (Å²) in [6, 6.07) is 0. The van der Waals surface area contributed by atoms with Crippen molar-refractivity contribution in [3.8, 4) is 0 Å². The summed E-state index contributed by atoms with van der Waals surface area (Å²) in [5, 5.41) is 281. The van der Waals surface area contributed by atoms with Crippen LogP contribution < -0.4 is 0 Å². The zero-order valence-corrected chi connectivity index (χ0v) is 51.3. The minimum Gasteiger partial charge on any atom is -0.394 e. The second-order valence-corrected chi connectivity index (χ2v) is 23.6. The fraction of sp³-hybridized carbons (Fsp3) is 1.00. The fourth-order valence-corrected chi connectivity index (χ4v) is 11.7. The maximum Gasteiger partial charge on any atom is 0.187 e. The van der Waals surface area contributed by atoms with Gasteiger partial charge in [0, 0.05) is 0 Å². The zero-order chi connectivity index (χ0) is 70.7. The molecule has 7 saturated heterocycles. The summed E-state index contributed by atoms with van der Waals surface area (Å²) in [5.41, 5.74) is 0. The smallest absolute Gasteiger partial charge is 0.187 e. The van der Waals surface area contributed by atoms with Gasteiger partial charge in [-0.15, -0.1) is 0 Å². The third kappa shape index (κ3) is 18.6. The van der Waals surface area contributed by atoms with E-state index in [0.717, 1.165) is 0 Å². The number of hydrogen-bond acceptors (Lipinski definition) is 43. The van der Waals surface area contributed by atoms with E-state index in [9.17, 15) is 133 Å². The summed E-state index contributed by atoms with van der Waals surface area (Å²) in [4.78, 5) is 0. The first kappa shape index (κ1) is 81.6. The Morgan fingerprint density at radius 1 is 0.260 bits per heavy atom. The van der Waals surface area contributed by atoms with Crippen molar-refractivity contribution in [2.45, 2.75) is 246 Å². The van der Waals surface area contributed by atoms with Crippen LogP contribution in [0.2, 0.25) is 0 Å². The molecule has 0 aliphatic carbocycles. The molecule has 0 spiro atoms. The van der Waals surface area contributed by atoms with E-state index in [1.165, 1.54) is 6.92 Å². The molecule has 7 rings (SSSR count). The van der Waals surface area contributed by atoms with Gasteiger partial charge in [0.15, 0.2) is 50.3 Å². The van der Waals surface area contributed by atoms with Crippen LogP contribution in [0.25, 0.3) is 0 Å². The van der Waals surface area contributed by atoms with Crippen molar-refractivity contribution in [2.75, 3.05) is 85.9 Å². The van der Waals surface area contributed by atoms with Crippen LogP contribution in [-0.4, -0.2) is 458 Å². The first-order valence-electron chi connectivity index (χ1n) is 30.7. The van der Waals surface area contributed by atoms with E-state index in [4.69, 9.17) is 80.5 Å². The summed E-state index contributed by atoms with van der Waals surface area (Å²) in [5.74, 6) is 0. The van der Waals surface area contributed by atoms with E-state index < -0.39 is 325 Å². The summed E-state index contributed by atoms with van der Waals surface area (Å²) >= 11 is 0. The average molecular weight is 1420 g/mol. The maximum absolute atomic E-state index is 12.2. The Morgan fingerprint density at radius 3 is 0.771 bits per heavy atom. The largest absolute Gasteiger partial charge is 0.394 e. The predicted molar refractivity (Wildman–Crippen MR) is 293 cm³/mol. The molecule has 7 aliphatic heterocycles. The number of hydrogen-bond donors (Lipinski definition) is 26. The standard InChI is InChI=1S/C53H94O43/c1-15-27(66)41(28(67)18(6-58)81-15)92-51-38(77)45(32(71)22(10-62)87-51)94-52-39(78)46(33(72)23(11-63)88-52)95-53-40(79)47(96-50-37(76)43(30(69)21(9-61)86-50)91-26(13-65)83-17(4-56)5-57)34(73)24(89-53)14-80-48-35(74)44(31(70)19(7-59)84-48)93-49-36(75)42(29(68)20(8-60)85-49)90-25(12-64)82-16(2-54)3-55/h15-79H,2-14H2,1H3. The topological polar surface area (TPSA) is 683 Å². The van der Waals surface area contributed by atoms with E-state index in [-0.39, 0.29) is 0 Å². The van der Waals surface area contributed by atoms with Gasteiger partial charge in [-0.1, -0.05) is 0 Å². The molecule has 0 aromatic carbocycles. The van der Waals surface area contributed by atoms with Crippen molar-refractivity contribution in [2.24, 2.45) is 0 Å². The van der Waals surface area contributed by atoms with E-state index in [1.807, 2.05) is 0 Å². The molecule has 0 saturated carbocycles. The molecule has 7 aliphatic rings.